The van der Waals surface area contributed by atoms with Crippen LogP contribution in [0.5, 0.6) is 0 Å². The maximum absolute atomic E-state index is 6.18. The normalized spacial score (nSPS) is 10.7. The fraction of sp³-hybridized carbons (Fsp3) is 0.182. The Morgan fingerprint density at radius 3 is 2.88 bits per heavy atom. The number of aromatic nitrogens is 2. The monoisotopic (exact) mass is 347 g/mol. The lowest BCUT2D eigenvalue weighted by Crippen LogP contribution is -2.06. The van der Waals surface area contributed by atoms with Crippen molar-refractivity contribution in [3.8, 4) is 5.69 Å². The van der Waals surface area contributed by atoms with Crippen LogP contribution in [0.15, 0.2) is 30.6 Å². The predicted octanol–water partition coefficient (Wildman–Crippen LogP) is 2.85. The largest absolute Gasteiger partial charge is 0.316 e. The number of nitrogens with zero attached hydrogens (tertiary/aromatic N) is 2. The number of hydrogen-bond donors (Lipinski definition) is 1. The summed E-state index contributed by atoms with van der Waals surface area (Å²) in [6.45, 7) is 0.774. The zero-order valence-electron chi connectivity index (χ0n) is 8.74. The van der Waals surface area contributed by atoms with E-state index in [1.165, 1.54) is 0 Å². The highest BCUT2D eigenvalue weighted by molar-refractivity contribution is 14.1. The third-order valence-electron chi connectivity index (χ3n) is 2.22. The molecule has 2 rings (SSSR count). The maximum Gasteiger partial charge on any atom is 0.0661 e. The van der Waals surface area contributed by atoms with Crippen molar-refractivity contribution in [1.29, 1.82) is 0 Å². The van der Waals surface area contributed by atoms with E-state index in [1.807, 2.05) is 42.3 Å². The van der Waals surface area contributed by atoms with Crippen LogP contribution < -0.4 is 5.32 Å². The van der Waals surface area contributed by atoms with E-state index in [2.05, 4.69) is 33.0 Å². The van der Waals surface area contributed by atoms with E-state index in [4.69, 9.17) is 11.6 Å². The molecule has 1 aromatic carbocycles. The first kappa shape index (κ1) is 11.9. The molecule has 84 valence electrons. The van der Waals surface area contributed by atoms with Gasteiger partial charge in [-0.05, 0) is 47.3 Å². The summed E-state index contributed by atoms with van der Waals surface area (Å²) in [7, 11) is 1.90. The van der Waals surface area contributed by atoms with Gasteiger partial charge < -0.3 is 5.32 Å². The quantitative estimate of drug-likeness (QED) is 0.865. The van der Waals surface area contributed by atoms with E-state index in [9.17, 15) is 0 Å². The van der Waals surface area contributed by atoms with Crippen LogP contribution in [-0.2, 0) is 6.54 Å². The van der Waals surface area contributed by atoms with Crippen LogP contribution in [0.25, 0.3) is 5.69 Å². The summed E-state index contributed by atoms with van der Waals surface area (Å²) < 4.78 is 2.92. The molecule has 0 atom stereocenters. The Morgan fingerprint density at radius 2 is 2.31 bits per heavy atom. The van der Waals surface area contributed by atoms with Crippen molar-refractivity contribution in [2.75, 3.05) is 7.05 Å². The van der Waals surface area contributed by atoms with Gasteiger partial charge in [0.15, 0.2) is 0 Å². The van der Waals surface area contributed by atoms with Crippen molar-refractivity contribution in [3.05, 3.63) is 44.7 Å². The van der Waals surface area contributed by atoms with Gasteiger partial charge in [0.05, 0.1) is 15.5 Å². The van der Waals surface area contributed by atoms with Gasteiger partial charge in [-0.15, -0.1) is 0 Å². The summed E-state index contributed by atoms with van der Waals surface area (Å²) in [4.78, 5) is 0. The fourth-order valence-electron chi connectivity index (χ4n) is 1.45. The Kier molecular flexibility index (Phi) is 3.83. The molecule has 0 bridgehead atoms. The first-order chi connectivity index (χ1) is 7.70. The standard InChI is InChI=1S/C11H11ClIN3/c1-14-5-8-2-3-10(4-11(8)12)16-7-9(13)6-15-16/h2-4,6-7,14H,5H2,1H3. The Bertz CT molecular complexity index is 496. The number of rotatable bonds is 3. The molecule has 1 heterocycles. The minimum Gasteiger partial charge on any atom is -0.316 e. The molecule has 0 amide bonds. The van der Waals surface area contributed by atoms with Crippen molar-refractivity contribution in [3.63, 3.8) is 0 Å². The lowest BCUT2D eigenvalue weighted by Gasteiger charge is -2.06. The van der Waals surface area contributed by atoms with Gasteiger partial charge in [0.2, 0.25) is 0 Å². The van der Waals surface area contributed by atoms with E-state index in [0.29, 0.717) is 0 Å². The molecule has 16 heavy (non-hydrogen) atoms. The van der Waals surface area contributed by atoms with E-state index in [0.717, 1.165) is 26.4 Å². The number of hydrogen-bond acceptors (Lipinski definition) is 2. The highest BCUT2D eigenvalue weighted by atomic mass is 127. The molecule has 0 fully saturated rings. The molecular formula is C11H11ClIN3. The lowest BCUT2D eigenvalue weighted by molar-refractivity contribution is 0.815. The first-order valence-corrected chi connectivity index (χ1v) is 6.30. The summed E-state index contributed by atoms with van der Waals surface area (Å²) in [5, 5.41) is 8.08. The number of nitrogens with one attached hydrogen (secondary N) is 1. The SMILES string of the molecule is CNCc1ccc(-n2cc(I)cn2)cc1Cl. The zero-order chi connectivity index (χ0) is 11.5. The van der Waals surface area contributed by atoms with Crippen LogP contribution in [0.4, 0.5) is 0 Å². The summed E-state index contributed by atoms with van der Waals surface area (Å²) in [6, 6.07) is 5.96. The molecule has 0 spiro atoms. The third-order valence-corrected chi connectivity index (χ3v) is 3.13. The Labute approximate surface area is 113 Å². The van der Waals surface area contributed by atoms with Crippen molar-refractivity contribution in [2.45, 2.75) is 6.54 Å². The number of halogens is 2. The average molecular weight is 348 g/mol. The Balaban J connectivity index is 2.34. The van der Waals surface area contributed by atoms with Crippen molar-refractivity contribution in [2.24, 2.45) is 0 Å². The fourth-order valence-corrected chi connectivity index (χ4v) is 2.08. The summed E-state index contributed by atoms with van der Waals surface area (Å²) in [6.07, 6.45) is 3.78. The van der Waals surface area contributed by atoms with Gasteiger partial charge in [-0.25, -0.2) is 4.68 Å². The summed E-state index contributed by atoms with van der Waals surface area (Å²) in [5.74, 6) is 0. The van der Waals surface area contributed by atoms with Gasteiger partial charge in [0.25, 0.3) is 0 Å². The molecule has 0 saturated heterocycles. The van der Waals surface area contributed by atoms with Crippen LogP contribution in [0, 0.1) is 3.57 Å². The lowest BCUT2D eigenvalue weighted by atomic mass is 10.2. The van der Waals surface area contributed by atoms with E-state index < -0.39 is 0 Å². The van der Waals surface area contributed by atoms with E-state index in [-0.39, 0.29) is 0 Å². The summed E-state index contributed by atoms with van der Waals surface area (Å²) in [5.41, 5.74) is 2.07. The molecule has 0 aliphatic heterocycles. The van der Waals surface area contributed by atoms with Crippen LogP contribution >= 0.6 is 34.2 Å². The maximum atomic E-state index is 6.18. The van der Waals surface area contributed by atoms with E-state index >= 15 is 0 Å². The molecule has 0 radical (unpaired) electrons. The Morgan fingerprint density at radius 1 is 1.50 bits per heavy atom. The third kappa shape index (κ3) is 2.56. The highest BCUT2D eigenvalue weighted by Crippen LogP contribution is 2.20. The molecule has 1 N–H and O–H groups in total. The molecule has 2 aromatic rings. The average Bonchev–Trinajstić information content (AvgIpc) is 2.68. The molecule has 1 aromatic heterocycles. The van der Waals surface area contributed by atoms with Gasteiger partial charge >= 0.3 is 0 Å². The minimum atomic E-state index is 0.761. The highest BCUT2D eigenvalue weighted by Gasteiger charge is 2.03. The molecule has 0 aliphatic carbocycles. The van der Waals surface area contributed by atoms with Gasteiger partial charge in [-0.3, -0.25) is 0 Å². The molecule has 5 heteroatoms. The summed E-state index contributed by atoms with van der Waals surface area (Å²) >= 11 is 8.41. The molecule has 3 nitrogen and oxygen atoms in total. The molecule has 0 saturated carbocycles. The van der Waals surface area contributed by atoms with Crippen LogP contribution in [0.2, 0.25) is 5.02 Å². The Hall–Kier alpha value is -0.590. The van der Waals surface area contributed by atoms with Crippen molar-refractivity contribution in [1.82, 2.24) is 15.1 Å². The van der Waals surface area contributed by atoms with Crippen LogP contribution in [0.1, 0.15) is 5.56 Å². The van der Waals surface area contributed by atoms with Crippen molar-refractivity contribution >= 4 is 34.2 Å². The second kappa shape index (κ2) is 5.16. The van der Waals surface area contributed by atoms with Gasteiger partial charge in [-0.2, -0.15) is 5.10 Å². The van der Waals surface area contributed by atoms with Crippen LogP contribution in [0.3, 0.4) is 0 Å². The van der Waals surface area contributed by atoms with E-state index in [1.54, 1.807) is 0 Å². The topological polar surface area (TPSA) is 29.9 Å². The second-order valence-corrected chi connectivity index (χ2v) is 5.06. The molecular weight excluding hydrogens is 336 g/mol. The van der Waals surface area contributed by atoms with Gasteiger partial charge in [0.1, 0.15) is 0 Å². The minimum absolute atomic E-state index is 0.761. The predicted molar refractivity (Wildman–Crippen MR) is 74.1 cm³/mol. The van der Waals surface area contributed by atoms with Gasteiger partial charge in [0, 0.05) is 17.8 Å². The smallest absolute Gasteiger partial charge is 0.0661 e. The number of benzene rings is 1. The molecule has 0 unspecified atom stereocenters. The van der Waals surface area contributed by atoms with Gasteiger partial charge in [-0.1, -0.05) is 17.7 Å². The van der Waals surface area contributed by atoms with Crippen LogP contribution in [-0.4, -0.2) is 16.8 Å². The first-order valence-electron chi connectivity index (χ1n) is 4.84. The second-order valence-electron chi connectivity index (χ2n) is 3.41. The van der Waals surface area contributed by atoms with Crippen molar-refractivity contribution < 1.29 is 0 Å². The zero-order valence-corrected chi connectivity index (χ0v) is 11.7. The molecule has 0 aliphatic rings.